The van der Waals surface area contributed by atoms with Gasteiger partial charge in [0.25, 0.3) is 0 Å². The second-order valence-electron chi connectivity index (χ2n) is 7.76. The molecule has 2 aromatic rings. The van der Waals surface area contributed by atoms with E-state index in [0.717, 1.165) is 29.6 Å². The number of aliphatic hydroxyl groups is 1. The maximum absolute atomic E-state index is 12.6. The molecule has 0 spiro atoms. The highest BCUT2D eigenvalue weighted by atomic mass is 19.4. The zero-order chi connectivity index (χ0) is 22.6. The molecule has 2 N–H and O–H groups in total. The number of nitrogens with zero attached hydrogens (tertiary/aromatic N) is 1. The summed E-state index contributed by atoms with van der Waals surface area (Å²) in [5.41, 5.74) is 3.41. The van der Waals surface area contributed by atoms with Crippen molar-refractivity contribution in [2.24, 2.45) is 4.99 Å². The van der Waals surface area contributed by atoms with Gasteiger partial charge in [-0.25, -0.2) is 0 Å². The Kier molecular flexibility index (Phi) is 7.08. The quantitative estimate of drug-likeness (QED) is 0.490. The van der Waals surface area contributed by atoms with Crippen LogP contribution in [0.2, 0.25) is 0 Å². The monoisotopic (exact) mass is 436 g/mol. The fourth-order valence-electron chi connectivity index (χ4n) is 3.97. The number of halogens is 3. The number of rotatable bonds is 8. The van der Waals surface area contributed by atoms with Crippen LogP contribution < -0.4 is 4.74 Å². The first-order chi connectivity index (χ1) is 14.7. The number of unbranched alkanes of at least 4 members (excludes halogenated alkanes) is 1. The summed E-state index contributed by atoms with van der Waals surface area (Å²) in [6.07, 6.45) is -0.328. The van der Waals surface area contributed by atoms with Crippen LogP contribution in [-0.4, -0.2) is 34.5 Å². The molecule has 1 aliphatic carbocycles. The molecule has 0 atom stereocenters. The number of fused-ring (bicyclic) bond motifs is 1. The molecule has 3 rings (SSSR count). The van der Waals surface area contributed by atoms with Crippen LogP contribution in [0.1, 0.15) is 56.7 Å². The van der Waals surface area contributed by atoms with Crippen LogP contribution in [0.3, 0.4) is 0 Å². The number of hydrogen-bond donors (Lipinski definition) is 2. The van der Waals surface area contributed by atoms with E-state index in [0.29, 0.717) is 55.3 Å². The average Bonchev–Trinajstić information content (AvgIpc) is 2.99. The SMILES string of the molecule is CCCCC(=NCCc1c(C)[nH]c2ccc(OC(F)(F)F)cc12)C1=C(O)CCCC1=O. The summed E-state index contributed by atoms with van der Waals surface area (Å²) < 4.78 is 41.8. The van der Waals surface area contributed by atoms with Gasteiger partial charge in [-0.2, -0.15) is 0 Å². The number of aromatic nitrogens is 1. The maximum atomic E-state index is 12.6. The fourth-order valence-corrected chi connectivity index (χ4v) is 3.97. The van der Waals surface area contributed by atoms with Gasteiger partial charge in [0.2, 0.25) is 0 Å². The molecule has 0 radical (unpaired) electrons. The van der Waals surface area contributed by atoms with Crippen LogP contribution in [0.4, 0.5) is 13.2 Å². The van der Waals surface area contributed by atoms with Gasteiger partial charge >= 0.3 is 6.36 Å². The second kappa shape index (κ2) is 9.58. The Morgan fingerprint density at radius 1 is 1.29 bits per heavy atom. The van der Waals surface area contributed by atoms with E-state index in [1.165, 1.54) is 12.1 Å². The third-order valence-corrected chi connectivity index (χ3v) is 5.43. The number of aromatic amines is 1. The standard InChI is InChI=1S/C23H27F3N2O3/c1-3-4-6-19(22-20(29)7-5-8-21(22)30)27-12-11-16-14(2)28-18-10-9-15(13-17(16)18)31-23(24,25)26/h9-10,13,28-29H,3-8,11-12H2,1-2H3. The number of aliphatic imine (C=N–C) groups is 1. The van der Waals surface area contributed by atoms with Crippen LogP contribution >= 0.6 is 0 Å². The zero-order valence-electron chi connectivity index (χ0n) is 17.7. The molecule has 1 aromatic heterocycles. The van der Waals surface area contributed by atoms with Crippen LogP contribution in [0.25, 0.3) is 10.9 Å². The number of ketones is 1. The first-order valence-electron chi connectivity index (χ1n) is 10.6. The van der Waals surface area contributed by atoms with Crippen molar-refractivity contribution in [2.75, 3.05) is 6.54 Å². The number of H-pyrrole nitrogens is 1. The average molecular weight is 436 g/mol. The molecule has 8 heteroatoms. The summed E-state index contributed by atoms with van der Waals surface area (Å²) in [5, 5.41) is 10.9. The van der Waals surface area contributed by atoms with Crippen molar-refractivity contribution >= 4 is 22.4 Å². The highest BCUT2D eigenvalue weighted by molar-refractivity contribution is 6.23. The van der Waals surface area contributed by atoms with Crippen molar-refractivity contribution in [2.45, 2.75) is 65.2 Å². The molecule has 1 heterocycles. The van der Waals surface area contributed by atoms with Gasteiger partial charge < -0.3 is 14.8 Å². The number of Topliss-reactive ketones (excluding diaryl/α,β-unsaturated/α-hetero) is 1. The largest absolute Gasteiger partial charge is 0.573 e. The van der Waals surface area contributed by atoms with E-state index in [1.54, 1.807) is 6.07 Å². The summed E-state index contributed by atoms with van der Waals surface area (Å²) in [7, 11) is 0. The number of allylic oxidation sites excluding steroid dienone is 2. The van der Waals surface area contributed by atoms with E-state index in [-0.39, 0.29) is 17.3 Å². The number of carbonyl (C=O) groups is 1. The van der Waals surface area contributed by atoms with E-state index >= 15 is 0 Å². The number of aryl methyl sites for hydroxylation is 1. The van der Waals surface area contributed by atoms with Crippen LogP contribution in [0.5, 0.6) is 5.75 Å². The minimum atomic E-state index is -4.75. The molecule has 1 aliphatic rings. The molecular formula is C23H27F3N2O3. The Bertz CT molecular complexity index is 1020. The van der Waals surface area contributed by atoms with Crippen molar-refractivity contribution in [3.63, 3.8) is 0 Å². The van der Waals surface area contributed by atoms with Gasteiger partial charge in [-0.3, -0.25) is 9.79 Å². The summed E-state index contributed by atoms with van der Waals surface area (Å²) in [5.74, 6) is -0.227. The molecule has 0 saturated carbocycles. The highest BCUT2D eigenvalue weighted by Gasteiger charge is 2.31. The molecule has 0 saturated heterocycles. The topological polar surface area (TPSA) is 74.7 Å². The predicted molar refractivity (Wildman–Crippen MR) is 114 cm³/mol. The number of benzene rings is 1. The summed E-state index contributed by atoms with van der Waals surface area (Å²) in [6, 6.07) is 4.22. The lowest BCUT2D eigenvalue weighted by Crippen LogP contribution is -2.20. The minimum Gasteiger partial charge on any atom is -0.511 e. The zero-order valence-corrected chi connectivity index (χ0v) is 17.7. The van der Waals surface area contributed by atoms with Crippen molar-refractivity contribution in [1.82, 2.24) is 4.98 Å². The van der Waals surface area contributed by atoms with E-state index in [1.807, 2.05) is 13.8 Å². The van der Waals surface area contributed by atoms with Gasteiger partial charge in [0.15, 0.2) is 5.78 Å². The summed E-state index contributed by atoms with van der Waals surface area (Å²) in [4.78, 5) is 20.2. The first-order valence-corrected chi connectivity index (χ1v) is 10.6. The van der Waals surface area contributed by atoms with Gasteiger partial charge in [0.05, 0.1) is 5.57 Å². The van der Waals surface area contributed by atoms with Crippen molar-refractivity contribution in [1.29, 1.82) is 0 Å². The Hall–Kier alpha value is -2.77. The molecule has 31 heavy (non-hydrogen) atoms. The van der Waals surface area contributed by atoms with E-state index in [2.05, 4.69) is 14.7 Å². The first kappa shape index (κ1) is 22.9. The van der Waals surface area contributed by atoms with Crippen molar-refractivity contribution in [3.8, 4) is 5.75 Å². The number of hydrogen-bond acceptors (Lipinski definition) is 4. The molecule has 168 valence electrons. The van der Waals surface area contributed by atoms with Gasteiger partial charge in [0.1, 0.15) is 11.5 Å². The van der Waals surface area contributed by atoms with E-state index in [9.17, 15) is 23.1 Å². The smallest absolute Gasteiger partial charge is 0.511 e. The van der Waals surface area contributed by atoms with Gasteiger partial charge in [0, 0.05) is 41.7 Å². The molecule has 1 aromatic carbocycles. The Balaban J connectivity index is 1.85. The fraction of sp³-hybridized carbons (Fsp3) is 0.478. The van der Waals surface area contributed by atoms with Crippen LogP contribution in [0, 0.1) is 6.92 Å². The van der Waals surface area contributed by atoms with Crippen LogP contribution in [-0.2, 0) is 11.2 Å². The third kappa shape index (κ3) is 5.68. The maximum Gasteiger partial charge on any atom is 0.573 e. The number of carbonyl (C=O) groups excluding carboxylic acids is 1. The Morgan fingerprint density at radius 3 is 2.74 bits per heavy atom. The van der Waals surface area contributed by atoms with Crippen molar-refractivity contribution < 1.29 is 27.8 Å². The number of aliphatic hydroxyl groups excluding tert-OH is 1. The van der Waals surface area contributed by atoms with Gasteiger partial charge in [-0.15, -0.1) is 13.2 Å². The highest BCUT2D eigenvalue weighted by Crippen LogP contribution is 2.30. The third-order valence-electron chi connectivity index (χ3n) is 5.43. The van der Waals surface area contributed by atoms with E-state index in [4.69, 9.17) is 0 Å². The number of nitrogens with one attached hydrogen (secondary N) is 1. The molecular weight excluding hydrogens is 409 g/mol. The number of ether oxygens (including phenoxy) is 1. The van der Waals surface area contributed by atoms with Gasteiger partial charge in [-0.05, 0) is 56.4 Å². The summed E-state index contributed by atoms with van der Waals surface area (Å²) >= 11 is 0. The van der Waals surface area contributed by atoms with Gasteiger partial charge in [-0.1, -0.05) is 13.3 Å². The normalized spacial score (nSPS) is 15.8. The Morgan fingerprint density at radius 2 is 2.06 bits per heavy atom. The molecule has 0 bridgehead atoms. The summed E-state index contributed by atoms with van der Waals surface area (Å²) in [6.45, 7) is 4.27. The lowest BCUT2D eigenvalue weighted by molar-refractivity contribution is -0.274. The minimum absolute atomic E-state index is 0.0733. The second-order valence-corrected chi connectivity index (χ2v) is 7.76. The lowest BCUT2D eigenvalue weighted by atomic mass is 9.90. The Labute approximate surface area is 179 Å². The van der Waals surface area contributed by atoms with Crippen molar-refractivity contribution in [3.05, 3.63) is 40.8 Å². The molecule has 0 fully saturated rings. The molecule has 0 aliphatic heterocycles. The number of alkyl halides is 3. The molecule has 0 amide bonds. The van der Waals surface area contributed by atoms with E-state index < -0.39 is 6.36 Å². The molecule has 5 nitrogen and oxygen atoms in total. The lowest BCUT2D eigenvalue weighted by Gasteiger charge is -2.17. The molecule has 0 unspecified atom stereocenters. The predicted octanol–water partition coefficient (Wildman–Crippen LogP) is 6.11. The van der Waals surface area contributed by atoms with Crippen LogP contribution in [0.15, 0.2) is 34.5 Å².